The lowest BCUT2D eigenvalue weighted by atomic mass is 10.1. The molecule has 0 fully saturated rings. The van der Waals surface area contributed by atoms with Crippen molar-refractivity contribution in [2.45, 2.75) is 6.54 Å². The Labute approximate surface area is 158 Å². The molecule has 0 atom stereocenters. The van der Waals surface area contributed by atoms with Crippen LogP contribution in [0.1, 0.15) is 5.56 Å². The quantitative estimate of drug-likeness (QED) is 0.527. The maximum Gasteiger partial charge on any atom is 0.261 e. The van der Waals surface area contributed by atoms with Gasteiger partial charge in [0.1, 0.15) is 5.52 Å². The Bertz CT molecular complexity index is 1200. The monoisotopic (exact) mass is 383 g/mol. The molecule has 0 unspecified atom stereocenters. The van der Waals surface area contributed by atoms with Gasteiger partial charge >= 0.3 is 0 Å². The van der Waals surface area contributed by atoms with Crippen molar-refractivity contribution in [1.29, 1.82) is 0 Å². The van der Waals surface area contributed by atoms with Crippen LogP contribution in [0.4, 0.5) is 0 Å². The summed E-state index contributed by atoms with van der Waals surface area (Å²) in [6.07, 6.45) is 1.53. The second-order valence-electron chi connectivity index (χ2n) is 5.84. The van der Waals surface area contributed by atoms with E-state index in [9.17, 15) is 4.79 Å². The minimum Gasteiger partial charge on any atom is -0.493 e. The first-order valence-electron chi connectivity index (χ1n) is 8.17. The van der Waals surface area contributed by atoms with Crippen molar-refractivity contribution in [3.05, 3.63) is 52.0 Å². The van der Waals surface area contributed by atoms with Gasteiger partial charge in [-0.05, 0) is 17.7 Å². The van der Waals surface area contributed by atoms with Crippen LogP contribution in [-0.4, -0.2) is 35.9 Å². The summed E-state index contributed by atoms with van der Waals surface area (Å²) in [5.41, 5.74) is 4.00. The van der Waals surface area contributed by atoms with Gasteiger partial charge in [-0.25, -0.2) is 9.97 Å². The van der Waals surface area contributed by atoms with Gasteiger partial charge in [-0.1, -0.05) is 12.1 Å². The molecule has 0 aliphatic carbocycles. The van der Waals surface area contributed by atoms with Crippen LogP contribution >= 0.6 is 11.3 Å². The number of rotatable bonds is 5. The molecule has 7 nitrogen and oxygen atoms in total. The third kappa shape index (κ3) is 2.78. The van der Waals surface area contributed by atoms with Crippen LogP contribution in [-0.2, 0) is 6.54 Å². The zero-order chi connectivity index (χ0) is 19.0. The van der Waals surface area contributed by atoms with Gasteiger partial charge in [0.05, 0.1) is 55.3 Å². The molecule has 0 spiro atoms. The van der Waals surface area contributed by atoms with Gasteiger partial charge in [0, 0.05) is 0 Å². The second-order valence-corrected chi connectivity index (χ2v) is 6.69. The molecule has 2 aromatic carbocycles. The minimum absolute atomic E-state index is 0.180. The number of nitrogens with zero attached hydrogens (tertiary/aromatic N) is 3. The molecular weight excluding hydrogens is 366 g/mol. The zero-order valence-electron chi connectivity index (χ0n) is 15.1. The third-order valence-corrected chi connectivity index (χ3v) is 5.32. The summed E-state index contributed by atoms with van der Waals surface area (Å²) in [4.78, 5) is 21.9. The molecule has 2 aromatic heterocycles. The van der Waals surface area contributed by atoms with Crippen LogP contribution in [0.5, 0.6) is 17.2 Å². The van der Waals surface area contributed by atoms with E-state index < -0.39 is 0 Å². The highest BCUT2D eigenvalue weighted by Gasteiger charge is 2.19. The predicted octanol–water partition coefficient (Wildman–Crippen LogP) is 3.08. The summed E-state index contributed by atoms with van der Waals surface area (Å²) in [6.45, 7) is 0.401. The summed E-state index contributed by atoms with van der Waals surface area (Å²) in [5, 5.41) is 0.406. The van der Waals surface area contributed by atoms with Crippen LogP contribution < -0.4 is 19.8 Å². The van der Waals surface area contributed by atoms with Gasteiger partial charge in [0.15, 0.2) is 11.5 Å². The molecule has 27 heavy (non-hydrogen) atoms. The molecule has 0 aliphatic rings. The summed E-state index contributed by atoms with van der Waals surface area (Å²) < 4.78 is 18.8. The van der Waals surface area contributed by atoms with Crippen LogP contribution in [0.2, 0.25) is 0 Å². The van der Waals surface area contributed by atoms with E-state index in [-0.39, 0.29) is 5.56 Å². The largest absolute Gasteiger partial charge is 0.493 e. The third-order valence-electron chi connectivity index (χ3n) is 4.40. The van der Waals surface area contributed by atoms with E-state index in [0.29, 0.717) is 34.7 Å². The highest BCUT2D eigenvalue weighted by Crippen LogP contribution is 2.41. The van der Waals surface area contributed by atoms with E-state index in [1.165, 1.54) is 27.7 Å². The van der Waals surface area contributed by atoms with Gasteiger partial charge in [-0.15, -0.1) is 11.3 Å². The average Bonchev–Trinajstić information content (AvgIpc) is 3.18. The van der Waals surface area contributed by atoms with E-state index in [2.05, 4.69) is 9.97 Å². The first kappa shape index (κ1) is 17.3. The molecule has 0 bridgehead atoms. The maximum absolute atomic E-state index is 13.1. The fourth-order valence-electron chi connectivity index (χ4n) is 3.13. The minimum atomic E-state index is -0.180. The Morgan fingerprint density at radius 3 is 2.63 bits per heavy atom. The maximum atomic E-state index is 13.1. The average molecular weight is 383 g/mol. The van der Waals surface area contributed by atoms with Gasteiger partial charge in [-0.2, -0.15) is 0 Å². The van der Waals surface area contributed by atoms with E-state index in [0.717, 1.165) is 15.8 Å². The molecule has 0 amide bonds. The lowest BCUT2D eigenvalue weighted by Crippen LogP contribution is -2.21. The molecule has 0 radical (unpaired) electrons. The smallest absolute Gasteiger partial charge is 0.261 e. The van der Waals surface area contributed by atoms with Gasteiger partial charge in [0.25, 0.3) is 5.56 Å². The zero-order valence-corrected chi connectivity index (χ0v) is 15.9. The lowest BCUT2D eigenvalue weighted by Gasteiger charge is -2.15. The number of hydrogen-bond donors (Lipinski definition) is 0. The summed E-state index contributed by atoms with van der Waals surface area (Å²) in [5.74, 6) is 1.20. The molecule has 138 valence electrons. The van der Waals surface area contributed by atoms with Crippen molar-refractivity contribution >= 4 is 32.5 Å². The van der Waals surface area contributed by atoms with Crippen molar-refractivity contribution in [3.8, 4) is 17.2 Å². The van der Waals surface area contributed by atoms with Crippen LogP contribution in [0.15, 0.2) is 40.9 Å². The van der Waals surface area contributed by atoms with Crippen LogP contribution in [0.25, 0.3) is 21.1 Å². The van der Waals surface area contributed by atoms with Crippen LogP contribution in [0, 0.1) is 0 Å². The van der Waals surface area contributed by atoms with E-state index in [1.807, 2.05) is 18.2 Å². The Hall–Kier alpha value is -3.13. The standard InChI is InChI=1S/C19H17N3O4S/c1-24-14-7-12-15(17(26-3)16(14)25-2)20-9-22(19(12)23)8-11-5-4-6-13-18(11)27-10-21-13/h4-7,9-10H,8H2,1-3H3. The first-order chi connectivity index (χ1) is 13.2. The highest BCUT2D eigenvalue weighted by atomic mass is 32.1. The first-order valence-corrected chi connectivity index (χ1v) is 9.05. The summed E-state index contributed by atoms with van der Waals surface area (Å²) >= 11 is 1.56. The second kappa shape index (κ2) is 6.88. The van der Waals surface area contributed by atoms with Gasteiger partial charge in [0.2, 0.25) is 5.75 Å². The molecule has 0 saturated carbocycles. The number of aromatic nitrogens is 3. The van der Waals surface area contributed by atoms with Crippen molar-refractivity contribution in [1.82, 2.24) is 14.5 Å². The van der Waals surface area contributed by atoms with Crippen molar-refractivity contribution < 1.29 is 14.2 Å². The summed E-state index contributed by atoms with van der Waals surface area (Å²) in [7, 11) is 4.54. The van der Waals surface area contributed by atoms with Crippen molar-refractivity contribution in [2.24, 2.45) is 0 Å². The molecule has 4 aromatic rings. The van der Waals surface area contributed by atoms with Crippen molar-refractivity contribution in [2.75, 3.05) is 21.3 Å². The van der Waals surface area contributed by atoms with Crippen LogP contribution in [0.3, 0.4) is 0 Å². The molecule has 2 heterocycles. The topological polar surface area (TPSA) is 75.5 Å². The van der Waals surface area contributed by atoms with E-state index >= 15 is 0 Å². The van der Waals surface area contributed by atoms with Gasteiger partial charge < -0.3 is 14.2 Å². The fourth-order valence-corrected chi connectivity index (χ4v) is 3.93. The lowest BCUT2D eigenvalue weighted by molar-refractivity contribution is 0.326. The molecule has 4 rings (SSSR count). The van der Waals surface area contributed by atoms with E-state index in [4.69, 9.17) is 14.2 Å². The molecule has 8 heteroatoms. The Morgan fingerprint density at radius 2 is 1.89 bits per heavy atom. The Kier molecular flexibility index (Phi) is 4.41. The molecular formula is C19H17N3O4S. The SMILES string of the molecule is COc1cc2c(=O)n(Cc3cccc4ncsc34)cnc2c(OC)c1OC. The van der Waals surface area contributed by atoms with Crippen molar-refractivity contribution in [3.63, 3.8) is 0 Å². The number of methoxy groups -OCH3 is 3. The Morgan fingerprint density at radius 1 is 1.07 bits per heavy atom. The predicted molar refractivity (Wildman–Crippen MR) is 104 cm³/mol. The number of thiazole rings is 1. The summed E-state index contributed by atoms with van der Waals surface area (Å²) in [6, 6.07) is 7.52. The number of ether oxygens (including phenoxy) is 3. The highest BCUT2D eigenvalue weighted by molar-refractivity contribution is 7.16. The molecule has 0 N–H and O–H groups in total. The number of fused-ring (bicyclic) bond motifs is 2. The Balaban J connectivity index is 1.90. The fraction of sp³-hybridized carbons (Fsp3) is 0.211. The van der Waals surface area contributed by atoms with E-state index in [1.54, 1.807) is 27.5 Å². The molecule has 0 saturated heterocycles. The normalized spacial score (nSPS) is 11.1. The number of benzene rings is 2. The van der Waals surface area contributed by atoms with Gasteiger partial charge in [-0.3, -0.25) is 9.36 Å². The number of hydrogen-bond acceptors (Lipinski definition) is 7. The molecule has 0 aliphatic heterocycles.